The van der Waals surface area contributed by atoms with Crippen LogP contribution in [-0.2, 0) is 4.74 Å². The first-order valence-electron chi connectivity index (χ1n) is 5.77. The largest absolute Gasteiger partial charge is 0.492 e. The third-order valence-electron chi connectivity index (χ3n) is 2.52. The molecule has 0 heterocycles. The third kappa shape index (κ3) is 5.16. The number of carboxylic acids is 1. The summed E-state index contributed by atoms with van der Waals surface area (Å²) in [6.45, 7) is 2.91. The van der Waals surface area contributed by atoms with Crippen molar-refractivity contribution < 1.29 is 19.4 Å². The average molecular weight is 253 g/mol. The first-order valence-corrected chi connectivity index (χ1v) is 5.77. The highest BCUT2D eigenvalue weighted by Gasteiger charge is 2.02. The molecular formula is C13H19NO4. The van der Waals surface area contributed by atoms with Gasteiger partial charge in [-0.1, -0.05) is 0 Å². The lowest BCUT2D eigenvalue weighted by Gasteiger charge is -2.16. The van der Waals surface area contributed by atoms with Crippen LogP contribution in [0.4, 0.5) is 0 Å². The number of carboxylic acid groups (broad SMARTS) is 1. The van der Waals surface area contributed by atoms with E-state index in [1.54, 1.807) is 19.2 Å². The minimum absolute atomic E-state index is 0.263. The Hall–Kier alpha value is -1.59. The fourth-order valence-corrected chi connectivity index (χ4v) is 1.37. The van der Waals surface area contributed by atoms with E-state index in [0.717, 1.165) is 13.1 Å². The number of hydrogen-bond donors (Lipinski definition) is 1. The first kappa shape index (κ1) is 14.5. The maximum absolute atomic E-state index is 10.7. The molecule has 1 aromatic carbocycles. The fourth-order valence-electron chi connectivity index (χ4n) is 1.37. The molecule has 0 unspecified atom stereocenters. The number of carbonyl (C=O) groups is 1. The van der Waals surface area contributed by atoms with E-state index in [4.69, 9.17) is 14.6 Å². The summed E-state index contributed by atoms with van der Waals surface area (Å²) in [5.74, 6) is -0.249. The lowest BCUT2D eigenvalue weighted by atomic mass is 10.2. The van der Waals surface area contributed by atoms with Crippen LogP contribution in [0, 0.1) is 0 Å². The molecule has 1 aromatic rings. The first-order chi connectivity index (χ1) is 8.63. The van der Waals surface area contributed by atoms with Gasteiger partial charge in [0.05, 0.1) is 12.2 Å². The minimum Gasteiger partial charge on any atom is -0.492 e. The molecule has 0 amide bonds. The highest BCUT2D eigenvalue weighted by molar-refractivity contribution is 5.87. The zero-order chi connectivity index (χ0) is 13.4. The molecular weight excluding hydrogens is 234 g/mol. The Labute approximate surface area is 107 Å². The van der Waals surface area contributed by atoms with Gasteiger partial charge in [0.25, 0.3) is 0 Å². The van der Waals surface area contributed by atoms with E-state index in [1.165, 1.54) is 12.1 Å². The lowest BCUT2D eigenvalue weighted by molar-refractivity contribution is 0.0697. The molecule has 0 aliphatic rings. The quantitative estimate of drug-likeness (QED) is 0.757. The molecule has 0 bridgehead atoms. The van der Waals surface area contributed by atoms with Crippen molar-refractivity contribution in [2.45, 2.75) is 0 Å². The van der Waals surface area contributed by atoms with E-state index < -0.39 is 5.97 Å². The van der Waals surface area contributed by atoms with Gasteiger partial charge in [0.15, 0.2) is 0 Å². The Morgan fingerprint density at radius 2 is 1.83 bits per heavy atom. The Morgan fingerprint density at radius 3 is 2.39 bits per heavy atom. The smallest absolute Gasteiger partial charge is 0.335 e. The highest BCUT2D eigenvalue weighted by atomic mass is 16.5. The molecule has 0 aliphatic heterocycles. The summed E-state index contributed by atoms with van der Waals surface area (Å²) >= 11 is 0. The SMILES string of the molecule is COCCN(C)CCOc1ccc(C(=O)O)cc1. The van der Waals surface area contributed by atoms with Crippen molar-refractivity contribution in [1.82, 2.24) is 4.90 Å². The second-order valence-electron chi connectivity index (χ2n) is 3.97. The third-order valence-corrected chi connectivity index (χ3v) is 2.52. The van der Waals surface area contributed by atoms with E-state index in [1.807, 2.05) is 7.05 Å². The van der Waals surface area contributed by atoms with Crippen LogP contribution in [0.5, 0.6) is 5.75 Å². The van der Waals surface area contributed by atoms with Gasteiger partial charge in [-0.3, -0.25) is 0 Å². The van der Waals surface area contributed by atoms with Crippen molar-refractivity contribution >= 4 is 5.97 Å². The van der Waals surface area contributed by atoms with E-state index in [-0.39, 0.29) is 5.56 Å². The van der Waals surface area contributed by atoms with E-state index in [2.05, 4.69) is 4.90 Å². The van der Waals surface area contributed by atoms with Gasteiger partial charge in [0.1, 0.15) is 12.4 Å². The Morgan fingerprint density at radius 1 is 1.22 bits per heavy atom. The molecule has 0 radical (unpaired) electrons. The second-order valence-corrected chi connectivity index (χ2v) is 3.97. The summed E-state index contributed by atoms with van der Waals surface area (Å²) in [6, 6.07) is 6.40. The van der Waals surface area contributed by atoms with Crippen LogP contribution in [0.2, 0.25) is 0 Å². The van der Waals surface area contributed by atoms with Gasteiger partial charge in [-0.05, 0) is 31.3 Å². The van der Waals surface area contributed by atoms with E-state index >= 15 is 0 Å². The number of ether oxygens (including phenoxy) is 2. The van der Waals surface area contributed by atoms with Crippen LogP contribution in [0.1, 0.15) is 10.4 Å². The van der Waals surface area contributed by atoms with Gasteiger partial charge in [0.2, 0.25) is 0 Å². The van der Waals surface area contributed by atoms with Gasteiger partial charge >= 0.3 is 5.97 Å². The molecule has 100 valence electrons. The summed E-state index contributed by atoms with van der Waals surface area (Å²) in [7, 11) is 3.67. The molecule has 0 aromatic heterocycles. The number of likely N-dealkylation sites (N-methyl/N-ethyl adjacent to an activating group) is 1. The molecule has 5 heteroatoms. The van der Waals surface area contributed by atoms with Gasteiger partial charge in [0, 0.05) is 20.2 Å². The zero-order valence-electron chi connectivity index (χ0n) is 10.8. The predicted octanol–water partition coefficient (Wildman–Crippen LogP) is 1.34. The number of aromatic carboxylic acids is 1. The molecule has 0 fully saturated rings. The molecule has 1 rings (SSSR count). The predicted molar refractivity (Wildman–Crippen MR) is 68.3 cm³/mol. The molecule has 1 N–H and O–H groups in total. The maximum atomic E-state index is 10.7. The maximum Gasteiger partial charge on any atom is 0.335 e. The molecule has 0 aliphatic carbocycles. The Balaban J connectivity index is 2.29. The normalized spacial score (nSPS) is 10.6. The summed E-state index contributed by atoms with van der Waals surface area (Å²) in [5.41, 5.74) is 0.263. The standard InChI is InChI=1S/C13H19NO4/c1-14(7-9-17-2)8-10-18-12-5-3-11(4-6-12)13(15)16/h3-6H,7-10H2,1-2H3,(H,15,16). The van der Waals surface area contributed by atoms with Gasteiger partial charge in [-0.25, -0.2) is 4.79 Å². The zero-order valence-corrected chi connectivity index (χ0v) is 10.8. The average Bonchev–Trinajstić information content (AvgIpc) is 2.37. The van der Waals surface area contributed by atoms with Crippen molar-refractivity contribution in [2.24, 2.45) is 0 Å². The molecule has 5 nitrogen and oxygen atoms in total. The van der Waals surface area contributed by atoms with Crippen molar-refractivity contribution in [3.05, 3.63) is 29.8 Å². The van der Waals surface area contributed by atoms with Crippen LogP contribution in [0.25, 0.3) is 0 Å². The summed E-state index contributed by atoms with van der Waals surface area (Å²) < 4.78 is 10.5. The van der Waals surface area contributed by atoms with Crippen molar-refractivity contribution in [1.29, 1.82) is 0 Å². The summed E-state index contributed by atoms with van der Waals surface area (Å²) in [5, 5.41) is 8.75. The van der Waals surface area contributed by atoms with Gasteiger partial charge < -0.3 is 19.5 Å². The Kier molecular flexibility index (Phi) is 6.18. The topological polar surface area (TPSA) is 59.0 Å². The molecule has 0 saturated carbocycles. The van der Waals surface area contributed by atoms with Crippen LogP contribution >= 0.6 is 0 Å². The fraction of sp³-hybridized carbons (Fsp3) is 0.462. The van der Waals surface area contributed by atoms with E-state index in [9.17, 15) is 4.79 Å². The van der Waals surface area contributed by atoms with Gasteiger partial charge in [-0.15, -0.1) is 0 Å². The second kappa shape index (κ2) is 7.68. The number of methoxy groups -OCH3 is 1. The van der Waals surface area contributed by atoms with E-state index in [0.29, 0.717) is 19.0 Å². The summed E-state index contributed by atoms with van der Waals surface area (Å²) in [6.07, 6.45) is 0. The van der Waals surface area contributed by atoms with Crippen molar-refractivity contribution in [3.63, 3.8) is 0 Å². The number of hydrogen-bond acceptors (Lipinski definition) is 4. The monoisotopic (exact) mass is 253 g/mol. The van der Waals surface area contributed by atoms with Crippen LogP contribution in [0.15, 0.2) is 24.3 Å². The number of benzene rings is 1. The minimum atomic E-state index is -0.930. The number of nitrogens with zero attached hydrogens (tertiary/aromatic N) is 1. The summed E-state index contributed by atoms with van der Waals surface area (Å²) in [4.78, 5) is 12.8. The Bertz CT molecular complexity index is 364. The van der Waals surface area contributed by atoms with Crippen LogP contribution in [-0.4, -0.2) is 56.4 Å². The highest BCUT2D eigenvalue weighted by Crippen LogP contribution is 2.11. The van der Waals surface area contributed by atoms with Crippen LogP contribution in [0.3, 0.4) is 0 Å². The molecule has 0 spiro atoms. The van der Waals surface area contributed by atoms with Crippen molar-refractivity contribution in [2.75, 3.05) is 40.5 Å². The lowest BCUT2D eigenvalue weighted by Crippen LogP contribution is -2.27. The number of rotatable bonds is 8. The molecule has 18 heavy (non-hydrogen) atoms. The van der Waals surface area contributed by atoms with Crippen molar-refractivity contribution in [3.8, 4) is 5.75 Å². The van der Waals surface area contributed by atoms with Crippen LogP contribution < -0.4 is 4.74 Å². The molecule has 0 saturated heterocycles. The molecule has 0 atom stereocenters. The van der Waals surface area contributed by atoms with Gasteiger partial charge in [-0.2, -0.15) is 0 Å².